The third kappa shape index (κ3) is 8.65. The number of aliphatic imine (C=N–C) groups is 1. The smallest absolute Gasteiger partial charge is 0.318 e. The van der Waals surface area contributed by atoms with Crippen molar-refractivity contribution in [2.24, 2.45) is 22.4 Å². The number of urea groups is 1. The third-order valence-electron chi connectivity index (χ3n) is 1.47. The zero-order valence-electron chi connectivity index (χ0n) is 8.21. The monoisotopic (exact) mass is 186 g/mol. The highest BCUT2D eigenvalue weighted by atomic mass is 16.2. The second-order valence-corrected chi connectivity index (χ2v) is 3.29. The Morgan fingerprint density at radius 2 is 2.08 bits per heavy atom. The van der Waals surface area contributed by atoms with E-state index < -0.39 is 6.03 Å². The Morgan fingerprint density at radius 1 is 1.46 bits per heavy atom. The van der Waals surface area contributed by atoms with Crippen LogP contribution in [0.2, 0.25) is 0 Å². The Kier molecular flexibility index (Phi) is 5.67. The predicted molar refractivity (Wildman–Crippen MR) is 53.3 cm³/mol. The quantitative estimate of drug-likeness (QED) is 0.337. The average Bonchev–Trinajstić information content (AvgIpc) is 1.96. The first kappa shape index (κ1) is 11.7. The van der Waals surface area contributed by atoms with E-state index >= 15 is 0 Å². The van der Waals surface area contributed by atoms with Crippen LogP contribution in [0.3, 0.4) is 0 Å². The van der Waals surface area contributed by atoms with Crippen LogP contribution in [0.5, 0.6) is 0 Å². The van der Waals surface area contributed by atoms with Gasteiger partial charge in [0.05, 0.1) is 0 Å². The SMILES string of the molecule is CC(C)CCCN=C(N)NC(N)=O. The number of hydrogen-bond acceptors (Lipinski definition) is 2. The summed E-state index contributed by atoms with van der Waals surface area (Å²) in [6, 6.07) is -0.676. The van der Waals surface area contributed by atoms with Crippen LogP contribution < -0.4 is 16.8 Å². The number of rotatable bonds is 4. The van der Waals surface area contributed by atoms with E-state index in [2.05, 4.69) is 24.2 Å². The van der Waals surface area contributed by atoms with Crippen molar-refractivity contribution in [3.63, 3.8) is 0 Å². The summed E-state index contributed by atoms with van der Waals surface area (Å²) in [5, 5.41) is 2.20. The molecule has 0 unspecified atom stereocenters. The molecule has 0 spiro atoms. The summed E-state index contributed by atoms with van der Waals surface area (Å²) in [5.41, 5.74) is 10.2. The molecule has 5 heteroatoms. The molecule has 0 radical (unpaired) electrons. The predicted octanol–water partition coefficient (Wildman–Crippen LogP) is 0.406. The molecule has 5 nitrogen and oxygen atoms in total. The van der Waals surface area contributed by atoms with Crippen molar-refractivity contribution in [1.29, 1.82) is 0 Å². The molecule has 0 saturated carbocycles. The summed E-state index contributed by atoms with van der Waals surface area (Å²) in [5.74, 6) is 0.761. The Hall–Kier alpha value is -1.26. The molecule has 0 aromatic heterocycles. The van der Waals surface area contributed by atoms with Crippen LogP contribution in [-0.2, 0) is 0 Å². The van der Waals surface area contributed by atoms with Gasteiger partial charge in [-0.05, 0) is 18.8 Å². The summed E-state index contributed by atoms with van der Waals surface area (Å²) in [7, 11) is 0. The number of nitrogens with zero attached hydrogens (tertiary/aromatic N) is 1. The van der Waals surface area contributed by atoms with Gasteiger partial charge in [0.15, 0.2) is 5.96 Å². The number of amides is 2. The van der Waals surface area contributed by atoms with Crippen molar-refractivity contribution in [3.05, 3.63) is 0 Å². The maximum Gasteiger partial charge on any atom is 0.318 e. The number of nitrogens with one attached hydrogen (secondary N) is 1. The Bertz CT molecular complexity index is 189. The molecule has 0 bridgehead atoms. The summed E-state index contributed by atoms with van der Waals surface area (Å²) >= 11 is 0. The molecule has 0 fully saturated rings. The van der Waals surface area contributed by atoms with Gasteiger partial charge in [0.1, 0.15) is 0 Å². The van der Waals surface area contributed by atoms with Gasteiger partial charge in [-0.2, -0.15) is 0 Å². The molecule has 2 amide bonds. The number of carbonyl (C=O) groups excluding carboxylic acids is 1. The van der Waals surface area contributed by atoms with Gasteiger partial charge in [-0.15, -0.1) is 0 Å². The Morgan fingerprint density at radius 3 is 2.54 bits per heavy atom. The minimum atomic E-state index is -0.676. The molecule has 0 aliphatic rings. The van der Waals surface area contributed by atoms with Gasteiger partial charge in [-0.1, -0.05) is 13.8 Å². The number of hydrogen-bond donors (Lipinski definition) is 3. The Labute approximate surface area is 78.6 Å². The van der Waals surface area contributed by atoms with Crippen LogP contribution in [0.25, 0.3) is 0 Å². The maximum atomic E-state index is 10.3. The standard InChI is InChI=1S/C8H18N4O/c1-6(2)4-3-5-11-7(9)12-8(10)13/h6H,3-5H2,1-2H3,(H5,9,10,11,12,13). The summed E-state index contributed by atoms with van der Waals surface area (Å²) in [6.07, 6.45) is 2.08. The molecule has 76 valence electrons. The highest BCUT2D eigenvalue weighted by Gasteiger charge is 1.95. The second kappa shape index (κ2) is 6.28. The fourth-order valence-electron chi connectivity index (χ4n) is 0.865. The summed E-state index contributed by atoms with van der Waals surface area (Å²) in [6.45, 7) is 4.92. The number of carbonyl (C=O) groups is 1. The molecule has 0 heterocycles. The number of primary amides is 1. The van der Waals surface area contributed by atoms with Gasteiger partial charge in [0.2, 0.25) is 0 Å². The third-order valence-corrected chi connectivity index (χ3v) is 1.47. The minimum Gasteiger partial charge on any atom is -0.370 e. The molecule has 0 rings (SSSR count). The maximum absolute atomic E-state index is 10.3. The van der Waals surface area contributed by atoms with E-state index in [1.807, 2.05) is 0 Å². The first-order valence-corrected chi connectivity index (χ1v) is 4.38. The Balaban J connectivity index is 3.53. The van der Waals surface area contributed by atoms with Gasteiger partial charge in [0.25, 0.3) is 0 Å². The topological polar surface area (TPSA) is 93.5 Å². The van der Waals surface area contributed by atoms with E-state index in [0.29, 0.717) is 12.5 Å². The van der Waals surface area contributed by atoms with Crippen molar-refractivity contribution < 1.29 is 4.79 Å². The first-order valence-electron chi connectivity index (χ1n) is 4.38. The van der Waals surface area contributed by atoms with Crippen molar-refractivity contribution in [1.82, 2.24) is 5.32 Å². The van der Waals surface area contributed by atoms with Crippen LogP contribution >= 0.6 is 0 Å². The number of nitrogens with two attached hydrogens (primary N) is 2. The summed E-state index contributed by atoms with van der Waals surface area (Å²) < 4.78 is 0. The van der Waals surface area contributed by atoms with Crippen molar-refractivity contribution in [3.8, 4) is 0 Å². The molecule has 0 aliphatic carbocycles. The van der Waals surface area contributed by atoms with Crippen LogP contribution in [0.15, 0.2) is 4.99 Å². The van der Waals surface area contributed by atoms with Crippen molar-refractivity contribution in [2.45, 2.75) is 26.7 Å². The van der Waals surface area contributed by atoms with E-state index in [4.69, 9.17) is 11.5 Å². The minimum absolute atomic E-state index is 0.0938. The normalized spacial score (nSPS) is 11.8. The van der Waals surface area contributed by atoms with Gasteiger partial charge in [0, 0.05) is 6.54 Å². The lowest BCUT2D eigenvalue weighted by molar-refractivity contribution is 0.253. The molecule has 0 aromatic carbocycles. The molecular formula is C8H18N4O. The van der Waals surface area contributed by atoms with E-state index in [0.717, 1.165) is 12.8 Å². The fourth-order valence-corrected chi connectivity index (χ4v) is 0.865. The lowest BCUT2D eigenvalue weighted by atomic mass is 10.1. The number of guanidine groups is 1. The second-order valence-electron chi connectivity index (χ2n) is 3.29. The van der Waals surface area contributed by atoms with Crippen LogP contribution in [0, 0.1) is 5.92 Å². The molecular weight excluding hydrogens is 168 g/mol. The fraction of sp³-hybridized carbons (Fsp3) is 0.750. The molecule has 0 aliphatic heterocycles. The van der Waals surface area contributed by atoms with Crippen LogP contribution in [0.1, 0.15) is 26.7 Å². The van der Waals surface area contributed by atoms with E-state index in [-0.39, 0.29) is 5.96 Å². The zero-order chi connectivity index (χ0) is 10.3. The largest absolute Gasteiger partial charge is 0.370 e. The lowest BCUT2D eigenvalue weighted by Crippen LogP contribution is -2.40. The molecule has 0 aromatic rings. The van der Waals surface area contributed by atoms with Gasteiger partial charge in [-0.3, -0.25) is 10.3 Å². The van der Waals surface area contributed by atoms with Gasteiger partial charge in [-0.25, -0.2) is 4.79 Å². The van der Waals surface area contributed by atoms with Crippen molar-refractivity contribution in [2.75, 3.05) is 6.54 Å². The highest BCUT2D eigenvalue weighted by molar-refractivity contribution is 5.94. The van der Waals surface area contributed by atoms with E-state index in [9.17, 15) is 4.79 Å². The average molecular weight is 186 g/mol. The van der Waals surface area contributed by atoms with Crippen LogP contribution in [-0.4, -0.2) is 18.5 Å². The van der Waals surface area contributed by atoms with Gasteiger partial charge >= 0.3 is 6.03 Å². The van der Waals surface area contributed by atoms with Crippen LogP contribution in [0.4, 0.5) is 4.79 Å². The van der Waals surface area contributed by atoms with E-state index in [1.165, 1.54) is 0 Å². The molecule has 5 N–H and O–H groups in total. The summed E-state index contributed by atoms with van der Waals surface area (Å²) in [4.78, 5) is 14.2. The lowest BCUT2D eigenvalue weighted by Gasteiger charge is -2.02. The van der Waals surface area contributed by atoms with E-state index in [1.54, 1.807) is 0 Å². The molecule has 0 atom stereocenters. The van der Waals surface area contributed by atoms with Crippen molar-refractivity contribution >= 4 is 12.0 Å². The first-order chi connectivity index (χ1) is 6.02. The molecule has 13 heavy (non-hydrogen) atoms. The highest BCUT2D eigenvalue weighted by Crippen LogP contribution is 2.02. The van der Waals surface area contributed by atoms with Gasteiger partial charge < -0.3 is 11.5 Å². The molecule has 0 saturated heterocycles. The zero-order valence-corrected chi connectivity index (χ0v) is 8.21.